The molecule has 3 heteroatoms. The highest BCUT2D eigenvalue weighted by atomic mass is 16.1. The molecule has 0 aliphatic heterocycles. The quantitative estimate of drug-likeness (QED) is 0.752. The third kappa shape index (κ3) is 1.41. The van der Waals surface area contributed by atoms with Crippen LogP contribution in [0.1, 0.15) is 30.1 Å². The van der Waals surface area contributed by atoms with Crippen molar-refractivity contribution in [3.05, 3.63) is 30.0 Å². The van der Waals surface area contributed by atoms with Crippen LogP contribution < -0.4 is 0 Å². The summed E-state index contributed by atoms with van der Waals surface area (Å²) in [5, 5.41) is 7.78. The van der Waals surface area contributed by atoms with Gasteiger partial charge >= 0.3 is 0 Å². The molecule has 0 amide bonds. The molecule has 0 spiro atoms. The Morgan fingerprint density at radius 3 is 3.14 bits per heavy atom. The minimum atomic E-state index is 0.183. The van der Waals surface area contributed by atoms with Crippen LogP contribution in [0, 0.1) is 0 Å². The Kier molecular flexibility index (Phi) is 2.31. The minimum absolute atomic E-state index is 0.183. The summed E-state index contributed by atoms with van der Waals surface area (Å²) in [7, 11) is 0. The highest BCUT2D eigenvalue weighted by Crippen LogP contribution is 2.17. The number of hydrogen-bond donors (Lipinski definition) is 1. The highest BCUT2D eigenvalue weighted by Gasteiger charge is 2.09. The molecule has 2 aromatic rings. The number of aromatic nitrogens is 2. The van der Waals surface area contributed by atoms with E-state index in [0.717, 1.165) is 22.9 Å². The summed E-state index contributed by atoms with van der Waals surface area (Å²) < 4.78 is 0. The number of Topliss-reactive ketones (excluding diaryl/α,β-unsaturated/α-hetero) is 1. The number of carbonyl (C=O) groups excluding carboxylic acids is 1. The number of ketones is 1. The van der Waals surface area contributed by atoms with E-state index >= 15 is 0 Å². The fourth-order valence-electron chi connectivity index (χ4n) is 1.56. The van der Waals surface area contributed by atoms with E-state index in [9.17, 15) is 4.79 Å². The zero-order chi connectivity index (χ0) is 9.97. The largest absolute Gasteiger partial charge is 0.294 e. The van der Waals surface area contributed by atoms with Crippen molar-refractivity contribution in [1.29, 1.82) is 0 Å². The van der Waals surface area contributed by atoms with Crippen molar-refractivity contribution in [1.82, 2.24) is 10.2 Å². The molecule has 1 N–H and O–H groups in total. The molecule has 0 unspecified atom stereocenters. The van der Waals surface area contributed by atoms with E-state index in [2.05, 4.69) is 10.2 Å². The Hall–Kier alpha value is -1.64. The lowest BCUT2D eigenvalue weighted by Gasteiger charge is -1.99. The average molecular weight is 188 g/mol. The zero-order valence-corrected chi connectivity index (χ0v) is 8.08. The van der Waals surface area contributed by atoms with Gasteiger partial charge in [-0.25, -0.2) is 0 Å². The molecule has 72 valence electrons. The van der Waals surface area contributed by atoms with Gasteiger partial charge in [0.1, 0.15) is 0 Å². The van der Waals surface area contributed by atoms with Crippen molar-refractivity contribution in [2.45, 2.75) is 19.8 Å². The van der Waals surface area contributed by atoms with Gasteiger partial charge in [-0.1, -0.05) is 19.1 Å². The Labute approximate surface area is 82.1 Å². The van der Waals surface area contributed by atoms with E-state index in [1.807, 2.05) is 25.1 Å². The topological polar surface area (TPSA) is 45.8 Å². The van der Waals surface area contributed by atoms with Crippen molar-refractivity contribution in [3.63, 3.8) is 0 Å². The van der Waals surface area contributed by atoms with Crippen molar-refractivity contribution in [2.24, 2.45) is 0 Å². The SMILES string of the molecule is CCCC(=O)c1cccc2cn[nH]c12. The van der Waals surface area contributed by atoms with Crippen LogP contribution in [0.3, 0.4) is 0 Å². The van der Waals surface area contributed by atoms with Crippen molar-refractivity contribution >= 4 is 16.7 Å². The van der Waals surface area contributed by atoms with E-state index in [1.165, 1.54) is 0 Å². The summed E-state index contributed by atoms with van der Waals surface area (Å²) in [5.41, 5.74) is 1.60. The van der Waals surface area contributed by atoms with Gasteiger partial charge in [0.2, 0.25) is 0 Å². The van der Waals surface area contributed by atoms with Gasteiger partial charge in [-0.05, 0) is 12.5 Å². The Balaban J connectivity index is 2.50. The lowest BCUT2D eigenvalue weighted by molar-refractivity contribution is 0.0983. The standard InChI is InChI=1S/C11H12N2O/c1-2-4-10(14)9-6-3-5-8-7-12-13-11(8)9/h3,5-7H,2,4H2,1H3,(H,12,13). The second kappa shape index (κ2) is 3.62. The molecule has 0 fully saturated rings. The molecule has 1 aromatic heterocycles. The van der Waals surface area contributed by atoms with Crippen molar-refractivity contribution in [3.8, 4) is 0 Å². The van der Waals surface area contributed by atoms with Crippen molar-refractivity contribution < 1.29 is 4.79 Å². The molecule has 2 rings (SSSR count). The molecule has 0 bridgehead atoms. The highest BCUT2D eigenvalue weighted by molar-refractivity contribution is 6.06. The van der Waals surface area contributed by atoms with Crippen LogP contribution in [-0.4, -0.2) is 16.0 Å². The maximum atomic E-state index is 11.7. The molecule has 14 heavy (non-hydrogen) atoms. The van der Waals surface area contributed by atoms with Crippen LogP contribution in [0.15, 0.2) is 24.4 Å². The maximum Gasteiger partial charge on any atom is 0.165 e. The maximum absolute atomic E-state index is 11.7. The van der Waals surface area contributed by atoms with Gasteiger partial charge in [-0.15, -0.1) is 0 Å². The molecule has 0 saturated carbocycles. The number of hydrogen-bond acceptors (Lipinski definition) is 2. The van der Waals surface area contributed by atoms with E-state index < -0.39 is 0 Å². The monoisotopic (exact) mass is 188 g/mol. The van der Waals surface area contributed by atoms with Crippen LogP contribution in [-0.2, 0) is 0 Å². The van der Waals surface area contributed by atoms with E-state index in [4.69, 9.17) is 0 Å². The summed E-state index contributed by atoms with van der Waals surface area (Å²) in [4.78, 5) is 11.7. The van der Waals surface area contributed by atoms with Crippen LogP contribution in [0.25, 0.3) is 10.9 Å². The number of benzene rings is 1. The van der Waals surface area contributed by atoms with Crippen LogP contribution >= 0.6 is 0 Å². The van der Waals surface area contributed by atoms with E-state index in [1.54, 1.807) is 6.20 Å². The predicted molar refractivity (Wildman–Crippen MR) is 55.3 cm³/mol. The number of para-hydroxylation sites is 1. The van der Waals surface area contributed by atoms with Gasteiger partial charge in [-0.3, -0.25) is 9.89 Å². The Morgan fingerprint density at radius 1 is 1.50 bits per heavy atom. The Morgan fingerprint density at radius 2 is 2.36 bits per heavy atom. The van der Waals surface area contributed by atoms with Gasteiger partial charge < -0.3 is 0 Å². The number of nitrogens with one attached hydrogen (secondary N) is 1. The molecular weight excluding hydrogens is 176 g/mol. The number of aromatic amines is 1. The lowest BCUT2D eigenvalue weighted by Crippen LogP contribution is -1.98. The lowest BCUT2D eigenvalue weighted by atomic mass is 10.0. The number of nitrogens with zero attached hydrogens (tertiary/aromatic N) is 1. The summed E-state index contributed by atoms with van der Waals surface area (Å²) in [5.74, 6) is 0.183. The number of rotatable bonds is 3. The molecule has 1 heterocycles. The molecular formula is C11H12N2O. The van der Waals surface area contributed by atoms with E-state index in [-0.39, 0.29) is 5.78 Å². The first-order chi connectivity index (χ1) is 6.83. The number of fused-ring (bicyclic) bond motifs is 1. The minimum Gasteiger partial charge on any atom is -0.294 e. The van der Waals surface area contributed by atoms with E-state index in [0.29, 0.717) is 6.42 Å². The number of H-pyrrole nitrogens is 1. The second-order valence-corrected chi connectivity index (χ2v) is 3.31. The van der Waals surface area contributed by atoms with Crippen LogP contribution in [0.4, 0.5) is 0 Å². The molecule has 0 aliphatic carbocycles. The molecule has 0 aliphatic rings. The fraction of sp³-hybridized carbons (Fsp3) is 0.273. The normalized spacial score (nSPS) is 10.6. The molecule has 0 saturated heterocycles. The van der Waals surface area contributed by atoms with Gasteiger partial charge in [0.15, 0.2) is 5.78 Å². The smallest absolute Gasteiger partial charge is 0.165 e. The molecule has 0 radical (unpaired) electrons. The third-order valence-corrected chi connectivity index (χ3v) is 2.25. The molecule has 1 aromatic carbocycles. The van der Waals surface area contributed by atoms with Crippen molar-refractivity contribution in [2.75, 3.05) is 0 Å². The summed E-state index contributed by atoms with van der Waals surface area (Å²) in [6, 6.07) is 5.68. The van der Waals surface area contributed by atoms with Gasteiger partial charge in [0, 0.05) is 17.4 Å². The second-order valence-electron chi connectivity index (χ2n) is 3.31. The summed E-state index contributed by atoms with van der Waals surface area (Å²) in [6.45, 7) is 2.00. The Bertz CT molecular complexity index is 459. The third-order valence-electron chi connectivity index (χ3n) is 2.25. The number of carbonyl (C=O) groups is 1. The van der Waals surface area contributed by atoms with Gasteiger partial charge in [0.25, 0.3) is 0 Å². The fourth-order valence-corrected chi connectivity index (χ4v) is 1.56. The van der Waals surface area contributed by atoms with Crippen LogP contribution in [0.5, 0.6) is 0 Å². The first kappa shape index (κ1) is 8.94. The molecule has 3 nitrogen and oxygen atoms in total. The first-order valence-corrected chi connectivity index (χ1v) is 4.78. The predicted octanol–water partition coefficient (Wildman–Crippen LogP) is 2.55. The first-order valence-electron chi connectivity index (χ1n) is 4.78. The average Bonchev–Trinajstić information content (AvgIpc) is 2.65. The van der Waals surface area contributed by atoms with Crippen LogP contribution in [0.2, 0.25) is 0 Å². The van der Waals surface area contributed by atoms with Gasteiger partial charge in [-0.2, -0.15) is 5.10 Å². The summed E-state index contributed by atoms with van der Waals surface area (Å²) >= 11 is 0. The summed E-state index contributed by atoms with van der Waals surface area (Å²) in [6.07, 6.45) is 3.21. The van der Waals surface area contributed by atoms with Gasteiger partial charge in [0.05, 0.1) is 11.7 Å². The molecule has 0 atom stereocenters. The zero-order valence-electron chi connectivity index (χ0n) is 8.08.